The summed E-state index contributed by atoms with van der Waals surface area (Å²) in [5.41, 5.74) is -0.571. The molecule has 0 aromatic heterocycles. The van der Waals surface area contributed by atoms with Crippen LogP contribution in [0.15, 0.2) is 24.3 Å². The van der Waals surface area contributed by atoms with E-state index < -0.39 is 35.0 Å². The van der Waals surface area contributed by atoms with E-state index in [0.717, 1.165) is 0 Å². The van der Waals surface area contributed by atoms with Crippen molar-refractivity contribution in [1.82, 2.24) is 0 Å². The Kier molecular flexibility index (Phi) is 6.37. The molecule has 0 fully saturated rings. The maximum absolute atomic E-state index is 11.6. The van der Waals surface area contributed by atoms with Gasteiger partial charge >= 0.3 is 11.9 Å². The van der Waals surface area contributed by atoms with Gasteiger partial charge in [-0.2, -0.15) is 0 Å². The van der Waals surface area contributed by atoms with Gasteiger partial charge in [0.25, 0.3) is 0 Å². The highest BCUT2D eigenvalue weighted by Crippen LogP contribution is 2.49. The van der Waals surface area contributed by atoms with E-state index in [1.807, 2.05) is 13.8 Å². The first-order valence-electron chi connectivity index (χ1n) is 8.32. The Morgan fingerprint density at radius 1 is 1.04 bits per heavy atom. The van der Waals surface area contributed by atoms with E-state index in [1.165, 1.54) is 13.0 Å². The number of benzene rings is 1. The van der Waals surface area contributed by atoms with Crippen LogP contribution in [-0.2, 0) is 4.79 Å². The maximum Gasteiger partial charge on any atom is 0.335 e. The second kappa shape index (κ2) is 7.54. The predicted octanol–water partition coefficient (Wildman–Crippen LogP) is 2.94. The second-order valence-electron chi connectivity index (χ2n) is 7.60. The van der Waals surface area contributed by atoms with Crippen molar-refractivity contribution in [1.29, 1.82) is 0 Å². The first kappa shape index (κ1) is 21.1. The van der Waals surface area contributed by atoms with Gasteiger partial charge < -0.3 is 20.4 Å². The van der Waals surface area contributed by atoms with Crippen LogP contribution >= 0.6 is 0 Å². The maximum atomic E-state index is 11.6. The lowest BCUT2D eigenvalue weighted by atomic mass is 9.62. The van der Waals surface area contributed by atoms with Gasteiger partial charge in [0.05, 0.1) is 11.5 Å². The molecule has 2 unspecified atom stereocenters. The molecule has 0 aliphatic carbocycles. The Morgan fingerprint density at radius 3 is 2.00 bits per heavy atom. The van der Waals surface area contributed by atoms with Crippen molar-refractivity contribution in [3.8, 4) is 0 Å². The highest BCUT2D eigenvalue weighted by Gasteiger charge is 2.50. The molecule has 0 heterocycles. The number of carboxylic acids is 2. The molecule has 0 aliphatic rings. The Labute approximate surface area is 148 Å². The van der Waals surface area contributed by atoms with E-state index in [1.54, 1.807) is 32.0 Å². The van der Waals surface area contributed by atoms with Crippen molar-refractivity contribution < 1.29 is 30.0 Å². The van der Waals surface area contributed by atoms with Gasteiger partial charge in [-0.15, -0.1) is 0 Å². The molecule has 140 valence electrons. The van der Waals surface area contributed by atoms with Gasteiger partial charge in [0.2, 0.25) is 0 Å². The monoisotopic (exact) mass is 352 g/mol. The van der Waals surface area contributed by atoms with Crippen LogP contribution in [0.1, 0.15) is 62.9 Å². The first-order chi connectivity index (χ1) is 11.3. The summed E-state index contributed by atoms with van der Waals surface area (Å²) in [5.74, 6) is -6.04. The molecule has 0 bridgehead atoms. The summed E-state index contributed by atoms with van der Waals surface area (Å²) >= 11 is 0. The fourth-order valence-electron chi connectivity index (χ4n) is 3.57. The Balaban J connectivity index is 3.43. The van der Waals surface area contributed by atoms with Gasteiger partial charge in [0.1, 0.15) is 0 Å². The van der Waals surface area contributed by atoms with Crippen LogP contribution in [0.2, 0.25) is 0 Å². The third-order valence-electron chi connectivity index (χ3n) is 5.01. The zero-order valence-corrected chi connectivity index (χ0v) is 15.4. The molecule has 1 rings (SSSR count). The third-order valence-corrected chi connectivity index (χ3v) is 5.01. The summed E-state index contributed by atoms with van der Waals surface area (Å²) in [6, 6.07) is 6.49. The molecule has 1 aromatic rings. The largest absolute Gasteiger partial charge is 0.481 e. The summed E-state index contributed by atoms with van der Waals surface area (Å²) < 4.78 is 0. The van der Waals surface area contributed by atoms with Gasteiger partial charge in [-0.1, -0.05) is 52.8 Å². The van der Waals surface area contributed by atoms with Gasteiger partial charge in [-0.25, -0.2) is 4.79 Å². The van der Waals surface area contributed by atoms with Crippen LogP contribution < -0.4 is 0 Å². The molecule has 4 N–H and O–H groups in total. The normalized spacial score (nSPS) is 15.0. The van der Waals surface area contributed by atoms with Crippen LogP contribution in [0, 0.1) is 17.3 Å². The third kappa shape index (κ3) is 4.38. The lowest BCUT2D eigenvalue weighted by Gasteiger charge is -2.47. The fourth-order valence-corrected chi connectivity index (χ4v) is 3.57. The fraction of sp³-hybridized carbons (Fsp3) is 0.579. The number of aliphatic carboxylic acids is 1. The van der Waals surface area contributed by atoms with Gasteiger partial charge in [-0.05, 0) is 23.5 Å². The first-order valence-corrected chi connectivity index (χ1v) is 8.32. The van der Waals surface area contributed by atoms with Crippen molar-refractivity contribution >= 4 is 11.9 Å². The van der Waals surface area contributed by atoms with E-state index in [2.05, 4.69) is 0 Å². The lowest BCUT2D eigenvalue weighted by Crippen LogP contribution is -2.51. The average Bonchev–Trinajstić information content (AvgIpc) is 2.46. The summed E-state index contributed by atoms with van der Waals surface area (Å²) in [7, 11) is 0. The summed E-state index contributed by atoms with van der Waals surface area (Å²) in [5, 5.41) is 40.0. The Bertz CT molecular complexity index is 633. The Morgan fingerprint density at radius 2 is 1.56 bits per heavy atom. The van der Waals surface area contributed by atoms with Gasteiger partial charge in [0, 0.05) is 11.8 Å². The van der Waals surface area contributed by atoms with E-state index >= 15 is 0 Å². The lowest BCUT2D eigenvalue weighted by molar-refractivity contribution is -0.253. The molecule has 0 aliphatic heterocycles. The number of rotatable bonds is 8. The number of carbonyl (C=O) groups is 2. The molecule has 2 atom stereocenters. The average molecular weight is 352 g/mol. The summed E-state index contributed by atoms with van der Waals surface area (Å²) in [4.78, 5) is 22.7. The van der Waals surface area contributed by atoms with Crippen molar-refractivity contribution in [2.24, 2.45) is 17.3 Å². The number of aliphatic hydroxyl groups is 2. The number of aromatic carboxylic acids is 1. The smallest absolute Gasteiger partial charge is 0.335 e. The SMILES string of the molecule is CC(CC(O)(O)C(C)(C)C(c1ccccc1C(=O)O)C(C)C)C(=O)O. The molecule has 6 nitrogen and oxygen atoms in total. The summed E-state index contributed by atoms with van der Waals surface area (Å²) in [6.45, 7) is 8.43. The molecule has 0 spiro atoms. The van der Waals surface area contributed by atoms with Crippen molar-refractivity contribution in [3.05, 3.63) is 35.4 Å². The minimum absolute atomic E-state index is 0.102. The highest BCUT2D eigenvalue weighted by atomic mass is 16.5. The number of carboxylic acid groups (broad SMARTS) is 2. The molecular weight excluding hydrogens is 324 g/mol. The van der Waals surface area contributed by atoms with Gasteiger partial charge in [-0.3, -0.25) is 4.79 Å². The predicted molar refractivity (Wildman–Crippen MR) is 93.3 cm³/mol. The number of hydrogen-bond donors (Lipinski definition) is 4. The quantitative estimate of drug-likeness (QED) is 0.535. The van der Waals surface area contributed by atoms with Crippen LogP contribution in [0.4, 0.5) is 0 Å². The van der Waals surface area contributed by atoms with Crippen LogP contribution in [0.25, 0.3) is 0 Å². The van der Waals surface area contributed by atoms with Crippen molar-refractivity contribution in [2.45, 2.75) is 52.7 Å². The van der Waals surface area contributed by atoms with E-state index in [0.29, 0.717) is 5.56 Å². The van der Waals surface area contributed by atoms with Crippen LogP contribution in [-0.4, -0.2) is 38.2 Å². The topological polar surface area (TPSA) is 115 Å². The summed E-state index contributed by atoms with van der Waals surface area (Å²) in [6.07, 6.45) is -0.353. The zero-order valence-electron chi connectivity index (χ0n) is 15.4. The van der Waals surface area contributed by atoms with Crippen molar-refractivity contribution in [2.75, 3.05) is 0 Å². The minimum atomic E-state index is -2.29. The van der Waals surface area contributed by atoms with Gasteiger partial charge in [0.15, 0.2) is 5.79 Å². The molecule has 1 aromatic carbocycles. The van der Waals surface area contributed by atoms with Crippen LogP contribution in [0.5, 0.6) is 0 Å². The molecule has 0 amide bonds. The molecule has 25 heavy (non-hydrogen) atoms. The standard InChI is InChI=1S/C19H28O6/c1-11(2)15(13-8-6-7-9-14(13)17(22)23)18(4,5)19(24,25)10-12(3)16(20)21/h6-9,11-12,15,24-25H,10H2,1-5H3,(H,20,21)(H,22,23). The minimum Gasteiger partial charge on any atom is -0.481 e. The van der Waals surface area contributed by atoms with Crippen LogP contribution in [0.3, 0.4) is 0 Å². The Hall–Kier alpha value is -1.92. The van der Waals surface area contributed by atoms with E-state index in [4.69, 9.17) is 5.11 Å². The van der Waals surface area contributed by atoms with E-state index in [-0.39, 0.29) is 17.9 Å². The number of hydrogen-bond acceptors (Lipinski definition) is 4. The molecule has 0 saturated heterocycles. The molecular formula is C19H28O6. The van der Waals surface area contributed by atoms with E-state index in [9.17, 15) is 24.9 Å². The zero-order chi connectivity index (χ0) is 19.6. The molecule has 0 radical (unpaired) electrons. The molecule has 6 heteroatoms. The highest BCUT2D eigenvalue weighted by molar-refractivity contribution is 5.89. The molecule has 0 saturated carbocycles. The van der Waals surface area contributed by atoms with Crippen molar-refractivity contribution in [3.63, 3.8) is 0 Å². The second-order valence-corrected chi connectivity index (χ2v) is 7.60.